The lowest BCUT2D eigenvalue weighted by molar-refractivity contribution is -0.163. The number of rotatable bonds is 11. The van der Waals surface area contributed by atoms with Gasteiger partial charge < -0.3 is 14.4 Å². The fourth-order valence-corrected chi connectivity index (χ4v) is 7.00. The van der Waals surface area contributed by atoms with Gasteiger partial charge in [0.2, 0.25) is 5.91 Å². The van der Waals surface area contributed by atoms with Crippen molar-refractivity contribution in [3.8, 4) is 0 Å². The first-order valence-corrected chi connectivity index (χ1v) is 16.7. The van der Waals surface area contributed by atoms with Crippen LogP contribution in [0.4, 0.5) is 0 Å². The van der Waals surface area contributed by atoms with Crippen LogP contribution in [0.25, 0.3) is 0 Å². The quantitative estimate of drug-likeness (QED) is 0.190. The number of carbonyl (C=O) groups excluding carboxylic acids is 3. The molecule has 7 heteroatoms. The molecule has 2 aliphatic heterocycles. The van der Waals surface area contributed by atoms with Crippen LogP contribution < -0.4 is 5.32 Å². The molecule has 0 aliphatic carbocycles. The Morgan fingerprint density at radius 2 is 1.45 bits per heavy atom. The Morgan fingerprint density at radius 3 is 2.11 bits per heavy atom. The number of hydrogen-bond acceptors (Lipinski definition) is 6. The molecule has 1 saturated heterocycles. The van der Waals surface area contributed by atoms with Crippen molar-refractivity contribution >= 4 is 17.8 Å². The van der Waals surface area contributed by atoms with E-state index in [9.17, 15) is 14.4 Å². The maximum absolute atomic E-state index is 14.7. The highest BCUT2D eigenvalue weighted by Gasteiger charge is 2.46. The molecular formula is C40H42N2O5. The number of carbonyl (C=O) groups is 3. The smallest absolute Gasteiger partial charge is 0.329 e. The van der Waals surface area contributed by atoms with Crippen LogP contribution in [0, 0.1) is 0 Å². The number of piperidine rings is 1. The molecule has 4 aromatic carbocycles. The van der Waals surface area contributed by atoms with Gasteiger partial charge in [0.15, 0.2) is 6.10 Å². The molecule has 0 radical (unpaired) electrons. The zero-order valence-electron chi connectivity index (χ0n) is 26.8. The summed E-state index contributed by atoms with van der Waals surface area (Å²) in [6.45, 7) is 2.03. The van der Waals surface area contributed by atoms with Crippen molar-refractivity contribution < 1.29 is 23.9 Å². The van der Waals surface area contributed by atoms with Gasteiger partial charge in [0.25, 0.3) is 0 Å². The van der Waals surface area contributed by atoms with E-state index in [1.807, 2.05) is 109 Å². The van der Waals surface area contributed by atoms with E-state index >= 15 is 0 Å². The van der Waals surface area contributed by atoms with Gasteiger partial charge in [-0.2, -0.15) is 0 Å². The topological polar surface area (TPSA) is 84.9 Å². The average molecular weight is 631 g/mol. The van der Waals surface area contributed by atoms with E-state index in [1.165, 1.54) is 0 Å². The van der Waals surface area contributed by atoms with Crippen molar-refractivity contribution in [2.45, 2.75) is 75.7 Å². The van der Waals surface area contributed by atoms with Crippen LogP contribution in [0.15, 0.2) is 115 Å². The summed E-state index contributed by atoms with van der Waals surface area (Å²) in [4.78, 5) is 43.9. The minimum absolute atomic E-state index is 0.196. The van der Waals surface area contributed by atoms with Crippen LogP contribution in [-0.2, 0) is 36.7 Å². The number of benzene rings is 4. The van der Waals surface area contributed by atoms with E-state index in [1.54, 1.807) is 11.8 Å². The van der Waals surface area contributed by atoms with Gasteiger partial charge in [0, 0.05) is 0 Å². The number of fused-ring (bicyclic) bond motifs is 3. The van der Waals surface area contributed by atoms with Gasteiger partial charge in [-0.05, 0) is 73.3 Å². The van der Waals surface area contributed by atoms with E-state index in [0.717, 1.165) is 40.7 Å². The molecule has 2 aliphatic rings. The molecule has 0 aromatic heterocycles. The minimum Gasteiger partial charge on any atom is -0.465 e. The molecule has 47 heavy (non-hydrogen) atoms. The summed E-state index contributed by atoms with van der Waals surface area (Å²) >= 11 is 0. The fourth-order valence-electron chi connectivity index (χ4n) is 7.00. The minimum atomic E-state index is -0.767. The van der Waals surface area contributed by atoms with Crippen LogP contribution in [0.3, 0.4) is 0 Å². The SMILES string of the molecule is CCOC(=O)[C@H](CCc1ccccc1)N[C@H]1Cc2ccccc2[C@H]2CCC[C@@H](C(=O)OC(c3ccccc3)c3ccccc3)N2C1=O. The van der Waals surface area contributed by atoms with Crippen LogP contribution in [0.5, 0.6) is 0 Å². The second-order valence-corrected chi connectivity index (χ2v) is 12.3. The van der Waals surface area contributed by atoms with Crippen LogP contribution in [-0.4, -0.2) is 47.5 Å². The summed E-state index contributed by atoms with van der Waals surface area (Å²) in [6, 6.07) is 35.0. The summed E-state index contributed by atoms with van der Waals surface area (Å²) < 4.78 is 11.8. The molecule has 1 N–H and O–H groups in total. The number of hydrogen-bond donors (Lipinski definition) is 1. The molecular weight excluding hydrogens is 588 g/mol. The van der Waals surface area contributed by atoms with Crippen LogP contribution in [0.2, 0.25) is 0 Å². The first-order chi connectivity index (χ1) is 23.0. The number of aryl methyl sites for hydroxylation is 1. The number of esters is 2. The van der Waals surface area contributed by atoms with Crippen LogP contribution in [0.1, 0.15) is 72.6 Å². The Bertz CT molecular complexity index is 1610. The highest BCUT2D eigenvalue weighted by molar-refractivity contribution is 5.90. The van der Waals surface area contributed by atoms with Crippen molar-refractivity contribution in [3.63, 3.8) is 0 Å². The van der Waals surface area contributed by atoms with Crippen molar-refractivity contribution in [2.24, 2.45) is 0 Å². The molecule has 7 nitrogen and oxygen atoms in total. The molecule has 1 fully saturated rings. The van der Waals surface area contributed by atoms with Gasteiger partial charge >= 0.3 is 11.9 Å². The monoisotopic (exact) mass is 630 g/mol. The number of ether oxygens (including phenoxy) is 2. The van der Waals surface area contributed by atoms with Gasteiger partial charge in [-0.15, -0.1) is 0 Å². The lowest BCUT2D eigenvalue weighted by Gasteiger charge is -2.42. The van der Waals surface area contributed by atoms with Gasteiger partial charge in [-0.1, -0.05) is 115 Å². The summed E-state index contributed by atoms with van der Waals surface area (Å²) in [5.74, 6) is -1.00. The van der Waals surface area contributed by atoms with E-state index in [4.69, 9.17) is 9.47 Å². The zero-order chi connectivity index (χ0) is 32.6. The summed E-state index contributed by atoms with van der Waals surface area (Å²) in [6.07, 6.45) is 2.94. The summed E-state index contributed by atoms with van der Waals surface area (Å²) in [5.41, 5.74) is 4.91. The Morgan fingerprint density at radius 1 is 0.830 bits per heavy atom. The Balaban J connectivity index is 1.30. The van der Waals surface area contributed by atoms with E-state index in [2.05, 4.69) is 11.4 Å². The van der Waals surface area contributed by atoms with Gasteiger partial charge in [0.05, 0.1) is 18.7 Å². The van der Waals surface area contributed by atoms with Crippen molar-refractivity contribution in [1.29, 1.82) is 0 Å². The summed E-state index contributed by atoms with van der Waals surface area (Å²) in [7, 11) is 0. The molecule has 6 rings (SSSR count). The third-order valence-electron chi connectivity index (χ3n) is 9.27. The summed E-state index contributed by atoms with van der Waals surface area (Å²) in [5, 5.41) is 3.41. The molecule has 242 valence electrons. The average Bonchev–Trinajstić information content (AvgIpc) is 3.24. The van der Waals surface area contributed by atoms with Gasteiger partial charge in [0.1, 0.15) is 12.1 Å². The molecule has 4 atom stereocenters. The maximum Gasteiger partial charge on any atom is 0.329 e. The molecule has 0 bridgehead atoms. The second kappa shape index (κ2) is 15.2. The van der Waals surface area contributed by atoms with Gasteiger partial charge in [-0.25, -0.2) is 4.79 Å². The van der Waals surface area contributed by atoms with Gasteiger partial charge in [-0.3, -0.25) is 14.9 Å². The zero-order valence-corrected chi connectivity index (χ0v) is 26.8. The third-order valence-corrected chi connectivity index (χ3v) is 9.27. The highest BCUT2D eigenvalue weighted by atomic mass is 16.5. The molecule has 4 aromatic rings. The molecule has 1 amide bonds. The second-order valence-electron chi connectivity index (χ2n) is 12.3. The van der Waals surface area contributed by atoms with Crippen molar-refractivity contribution in [2.75, 3.05) is 6.61 Å². The first-order valence-electron chi connectivity index (χ1n) is 16.7. The Hall–Kier alpha value is -4.75. The lowest BCUT2D eigenvalue weighted by Crippen LogP contribution is -2.57. The Kier molecular flexibility index (Phi) is 10.4. The number of nitrogens with one attached hydrogen (secondary N) is 1. The number of nitrogens with zero attached hydrogens (tertiary/aromatic N) is 1. The predicted octanol–water partition coefficient (Wildman–Crippen LogP) is 6.52. The molecule has 0 unspecified atom stereocenters. The standard InChI is InChI=1S/C40H42N2O5/c1-2-46-39(44)33(26-25-28-15-6-3-7-16-28)41-34-27-31-21-12-13-22-32(31)35-23-14-24-36(42(35)38(34)43)40(45)47-37(29-17-8-4-9-18-29)30-19-10-5-11-20-30/h3-13,15-22,33-37,41H,2,14,23-27H2,1H3/t33-,34-,35+,36-/m0/s1. The third kappa shape index (κ3) is 7.47. The van der Waals surface area contributed by atoms with E-state index in [0.29, 0.717) is 25.7 Å². The van der Waals surface area contributed by atoms with Crippen molar-refractivity contribution in [3.05, 3.63) is 143 Å². The molecule has 0 saturated carbocycles. The highest BCUT2D eigenvalue weighted by Crippen LogP contribution is 2.40. The molecule has 0 spiro atoms. The normalized spacial score (nSPS) is 19.7. The Labute approximate surface area is 276 Å². The number of amides is 1. The van der Waals surface area contributed by atoms with E-state index in [-0.39, 0.29) is 24.5 Å². The van der Waals surface area contributed by atoms with Crippen molar-refractivity contribution in [1.82, 2.24) is 10.2 Å². The fraction of sp³-hybridized carbons (Fsp3) is 0.325. The van der Waals surface area contributed by atoms with Crippen LogP contribution >= 0.6 is 0 Å². The lowest BCUT2D eigenvalue weighted by atomic mass is 9.89. The van der Waals surface area contributed by atoms with E-state index < -0.39 is 30.2 Å². The molecule has 2 heterocycles. The largest absolute Gasteiger partial charge is 0.465 e. The first kappa shape index (κ1) is 32.2. The predicted molar refractivity (Wildman–Crippen MR) is 180 cm³/mol. The maximum atomic E-state index is 14.7.